The van der Waals surface area contributed by atoms with E-state index < -0.39 is 5.41 Å². The molecule has 0 N–H and O–H groups in total. The van der Waals surface area contributed by atoms with E-state index in [2.05, 4.69) is 21.1 Å². The van der Waals surface area contributed by atoms with Gasteiger partial charge in [-0.25, -0.2) is 4.39 Å². The second kappa shape index (κ2) is 2.75. The van der Waals surface area contributed by atoms with Gasteiger partial charge in [-0.05, 0) is 13.5 Å². The SMILES string of the molecule is CCC1CC(F)(P)CN1C. The summed E-state index contributed by atoms with van der Waals surface area (Å²) in [6.07, 6.45) is 1.72. The van der Waals surface area contributed by atoms with Crippen molar-refractivity contribution in [3.05, 3.63) is 0 Å². The quantitative estimate of drug-likeness (QED) is 0.531. The lowest BCUT2D eigenvalue weighted by Gasteiger charge is -2.15. The highest BCUT2D eigenvalue weighted by Gasteiger charge is 2.37. The van der Waals surface area contributed by atoms with Crippen LogP contribution in [0.3, 0.4) is 0 Å². The molecule has 60 valence electrons. The van der Waals surface area contributed by atoms with Crippen LogP contribution in [0.2, 0.25) is 0 Å². The van der Waals surface area contributed by atoms with Crippen molar-refractivity contribution < 1.29 is 4.39 Å². The highest BCUT2D eigenvalue weighted by Crippen LogP contribution is 2.35. The first kappa shape index (κ1) is 8.42. The fourth-order valence-electron chi connectivity index (χ4n) is 1.61. The Hall–Kier alpha value is 0.320. The van der Waals surface area contributed by atoms with Crippen molar-refractivity contribution in [3.63, 3.8) is 0 Å². The number of hydrogen-bond acceptors (Lipinski definition) is 1. The van der Waals surface area contributed by atoms with Gasteiger partial charge >= 0.3 is 0 Å². The topological polar surface area (TPSA) is 3.24 Å². The first-order valence-corrected chi connectivity index (χ1v) is 4.31. The second-order valence-corrected chi connectivity index (χ2v) is 4.25. The third kappa shape index (κ3) is 1.67. The van der Waals surface area contributed by atoms with Gasteiger partial charge in [0.2, 0.25) is 0 Å². The lowest BCUT2D eigenvalue weighted by atomic mass is 10.1. The summed E-state index contributed by atoms with van der Waals surface area (Å²) in [4.78, 5) is 2.09. The highest BCUT2D eigenvalue weighted by molar-refractivity contribution is 7.18. The van der Waals surface area contributed by atoms with Crippen molar-refractivity contribution in [1.29, 1.82) is 0 Å². The molecule has 0 aromatic rings. The van der Waals surface area contributed by atoms with Gasteiger partial charge in [0.05, 0.1) is 0 Å². The maximum absolute atomic E-state index is 13.2. The van der Waals surface area contributed by atoms with E-state index in [0.717, 1.165) is 6.42 Å². The summed E-state index contributed by atoms with van der Waals surface area (Å²) >= 11 is 0. The zero-order chi connectivity index (χ0) is 7.78. The molecule has 3 heteroatoms. The van der Waals surface area contributed by atoms with Gasteiger partial charge in [0, 0.05) is 19.0 Å². The fraction of sp³-hybridized carbons (Fsp3) is 1.00. The predicted octanol–water partition coefficient (Wildman–Crippen LogP) is 1.64. The van der Waals surface area contributed by atoms with E-state index >= 15 is 0 Å². The van der Waals surface area contributed by atoms with Gasteiger partial charge in [0.1, 0.15) is 5.41 Å². The molecule has 1 heterocycles. The van der Waals surface area contributed by atoms with Gasteiger partial charge in [0.25, 0.3) is 0 Å². The Balaban J connectivity index is 2.52. The van der Waals surface area contributed by atoms with Crippen LogP contribution >= 0.6 is 9.24 Å². The monoisotopic (exact) mass is 163 g/mol. The molecule has 0 bridgehead atoms. The molecule has 0 aromatic carbocycles. The average Bonchev–Trinajstić information content (AvgIpc) is 2.05. The third-order valence-corrected chi connectivity index (χ3v) is 2.60. The van der Waals surface area contributed by atoms with E-state index in [-0.39, 0.29) is 0 Å². The molecule has 10 heavy (non-hydrogen) atoms. The largest absolute Gasteiger partial charge is 0.300 e. The summed E-state index contributed by atoms with van der Waals surface area (Å²) < 4.78 is 13.2. The van der Waals surface area contributed by atoms with E-state index in [1.54, 1.807) is 0 Å². The van der Waals surface area contributed by atoms with E-state index in [4.69, 9.17) is 0 Å². The molecule has 0 aromatic heterocycles. The van der Waals surface area contributed by atoms with Crippen LogP contribution in [0.25, 0.3) is 0 Å². The molecule has 1 aliphatic heterocycles. The van der Waals surface area contributed by atoms with Crippen LogP contribution in [-0.4, -0.2) is 29.9 Å². The lowest BCUT2D eigenvalue weighted by Crippen LogP contribution is -2.24. The van der Waals surface area contributed by atoms with Gasteiger partial charge in [-0.1, -0.05) is 16.2 Å². The van der Waals surface area contributed by atoms with E-state index in [1.165, 1.54) is 0 Å². The van der Waals surface area contributed by atoms with Gasteiger partial charge in [0.15, 0.2) is 0 Å². The molecule has 1 aliphatic rings. The van der Waals surface area contributed by atoms with Gasteiger partial charge < -0.3 is 0 Å². The Kier molecular flexibility index (Phi) is 2.31. The number of hydrogen-bond donors (Lipinski definition) is 0. The molecule has 1 saturated heterocycles. The molecule has 1 fully saturated rings. The Morgan fingerprint density at radius 1 is 1.80 bits per heavy atom. The standard InChI is InChI=1S/C7H15FNP/c1-3-6-4-7(8,10)5-9(6)2/h6H,3-5,10H2,1-2H3. The summed E-state index contributed by atoms with van der Waals surface area (Å²) in [7, 11) is 4.28. The molecular weight excluding hydrogens is 148 g/mol. The second-order valence-electron chi connectivity index (χ2n) is 3.22. The van der Waals surface area contributed by atoms with Crippen LogP contribution in [0.5, 0.6) is 0 Å². The molecule has 1 rings (SSSR count). The zero-order valence-electron chi connectivity index (χ0n) is 6.60. The molecule has 0 spiro atoms. The van der Waals surface area contributed by atoms with Crippen LogP contribution in [0.15, 0.2) is 0 Å². The van der Waals surface area contributed by atoms with Crippen LogP contribution < -0.4 is 0 Å². The van der Waals surface area contributed by atoms with Crippen molar-refractivity contribution in [1.82, 2.24) is 4.90 Å². The summed E-state index contributed by atoms with van der Waals surface area (Å²) in [6.45, 7) is 2.67. The smallest absolute Gasteiger partial charge is 0.137 e. The van der Waals surface area contributed by atoms with E-state index in [0.29, 0.717) is 19.0 Å². The maximum Gasteiger partial charge on any atom is 0.137 e. The van der Waals surface area contributed by atoms with E-state index in [9.17, 15) is 4.39 Å². The molecule has 1 nitrogen and oxygen atoms in total. The Labute approximate surface area is 64.2 Å². The number of nitrogens with zero attached hydrogens (tertiary/aromatic N) is 1. The van der Waals surface area contributed by atoms with Gasteiger partial charge in [-0.2, -0.15) is 0 Å². The predicted molar refractivity (Wildman–Crippen MR) is 44.9 cm³/mol. The molecule has 0 amide bonds. The lowest BCUT2D eigenvalue weighted by molar-refractivity contribution is 0.273. The minimum atomic E-state index is -1.02. The van der Waals surface area contributed by atoms with Crippen molar-refractivity contribution in [2.75, 3.05) is 13.6 Å². The molecular formula is C7H15FNP. The number of alkyl halides is 1. The number of halogens is 1. The number of likely N-dealkylation sites (tertiary alicyclic amines) is 1. The minimum Gasteiger partial charge on any atom is -0.300 e. The Bertz CT molecular complexity index is 127. The summed E-state index contributed by atoms with van der Waals surface area (Å²) in [5.74, 6) is 0. The molecule has 0 radical (unpaired) electrons. The molecule has 3 atom stereocenters. The number of rotatable bonds is 1. The molecule has 0 aliphatic carbocycles. The first-order chi connectivity index (χ1) is 4.55. The van der Waals surface area contributed by atoms with Crippen molar-refractivity contribution in [2.45, 2.75) is 31.2 Å². The van der Waals surface area contributed by atoms with Crippen LogP contribution in [0.4, 0.5) is 4.39 Å². The molecule has 0 saturated carbocycles. The Morgan fingerprint density at radius 3 is 2.60 bits per heavy atom. The zero-order valence-corrected chi connectivity index (χ0v) is 7.76. The minimum absolute atomic E-state index is 0.447. The van der Waals surface area contributed by atoms with Crippen LogP contribution in [0, 0.1) is 0 Å². The van der Waals surface area contributed by atoms with Crippen molar-refractivity contribution in [2.24, 2.45) is 0 Å². The first-order valence-electron chi connectivity index (χ1n) is 3.73. The Morgan fingerprint density at radius 2 is 2.40 bits per heavy atom. The third-order valence-electron chi connectivity index (χ3n) is 2.18. The normalized spacial score (nSPS) is 42.6. The van der Waals surface area contributed by atoms with Crippen LogP contribution in [0.1, 0.15) is 19.8 Å². The maximum atomic E-state index is 13.2. The average molecular weight is 163 g/mol. The summed E-state index contributed by atoms with van der Waals surface area (Å²) in [6, 6.07) is 0.447. The molecule has 3 unspecified atom stereocenters. The van der Waals surface area contributed by atoms with Crippen molar-refractivity contribution in [3.8, 4) is 0 Å². The van der Waals surface area contributed by atoms with Gasteiger partial charge in [-0.15, -0.1) is 0 Å². The summed E-state index contributed by atoms with van der Waals surface area (Å²) in [5.41, 5.74) is 0. The van der Waals surface area contributed by atoms with Gasteiger partial charge in [-0.3, -0.25) is 4.90 Å². The fourth-order valence-corrected chi connectivity index (χ4v) is 2.17. The highest BCUT2D eigenvalue weighted by atomic mass is 31.0. The van der Waals surface area contributed by atoms with E-state index in [1.807, 2.05) is 7.05 Å². The van der Waals surface area contributed by atoms with Crippen LogP contribution in [-0.2, 0) is 0 Å². The summed E-state index contributed by atoms with van der Waals surface area (Å²) in [5, 5.41) is -1.02. The van der Waals surface area contributed by atoms with Crippen molar-refractivity contribution >= 4 is 9.24 Å².